The average Bonchev–Trinajstić information content (AvgIpc) is 1.99. The topological polar surface area (TPSA) is 56.9 Å². The lowest BCUT2D eigenvalue weighted by atomic mass is 10.2. The first kappa shape index (κ1) is 8.88. The molecule has 0 heterocycles. The second-order valence-electron chi connectivity index (χ2n) is 1.86. The van der Waals surface area contributed by atoms with E-state index in [4.69, 9.17) is 10.8 Å². The SMILES string of the molecule is C=CC(=N)CCC(=N)OC. The van der Waals surface area contributed by atoms with Crippen LogP contribution in [0, 0.1) is 10.8 Å². The zero-order valence-corrected chi connectivity index (χ0v) is 6.11. The highest BCUT2D eigenvalue weighted by Crippen LogP contribution is 1.93. The molecule has 10 heavy (non-hydrogen) atoms. The standard InChI is InChI=1S/C7H12N2O/c1-3-6(8)4-5-7(9)10-2/h3,8-9H,1,4-5H2,2H3. The van der Waals surface area contributed by atoms with Gasteiger partial charge in [-0.25, -0.2) is 0 Å². The van der Waals surface area contributed by atoms with E-state index in [0.717, 1.165) is 0 Å². The monoisotopic (exact) mass is 140 g/mol. The van der Waals surface area contributed by atoms with Crippen molar-refractivity contribution in [1.29, 1.82) is 10.8 Å². The Balaban J connectivity index is 3.44. The van der Waals surface area contributed by atoms with Gasteiger partial charge in [0.2, 0.25) is 0 Å². The van der Waals surface area contributed by atoms with E-state index in [1.165, 1.54) is 13.2 Å². The molecule has 3 nitrogen and oxygen atoms in total. The van der Waals surface area contributed by atoms with E-state index in [9.17, 15) is 0 Å². The van der Waals surface area contributed by atoms with Gasteiger partial charge in [0.15, 0.2) is 5.90 Å². The lowest BCUT2D eigenvalue weighted by molar-refractivity contribution is 0.387. The van der Waals surface area contributed by atoms with Crippen LogP contribution >= 0.6 is 0 Å². The van der Waals surface area contributed by atoms with Gasteiger partial charge in [0.1, 0.15) is 0 Å². The van der Waals surface area contributed by atoms with Gasteiger partial charge in [0.25, 0.3) is 0 Å². The summed E-state index contributed by atoms with van der Waals surface area (Å²) in [6.07, 6.45) is 2.50. The Labute approximate surface area is 60.7 Å². The minimum absolute atomic E-state index is 0.214. The van der Waals surface area contributed by atoms with Gasteiger partial charge in [-0.2, -0.15) is 0 Å². The van der Waals surface area contributed by atoms with Crippen LogP contribution in [-0.2, 0) is 4.74 Å². The molecule has 0 aromatic rings. The first-order chi connectivity index (χ1) is 4.70. The maximum atomic E-state index is 7.14. The van der Waals surface area contributed by atoms with Crippen LogP contribution in [0.15, 0.2) is 12.7 Å². The first-order valence-electron chi connectivity index (χ1n) is 3.02. The smallest absolute Gasteiger partial charge is 0.180 e. The minimum atomic E-state index is 0.214. The maximum Gasteiger partial charge on any atom is 0.180 e. The average molecular weight is 140 g/mol. The second-order valence-corrected chi connectivity index (χ2v) is 1.86. The molecule has 0 amide bonds. The molecule has 0 aromatic heterocycles. The number of ether oxygens (including phenoxy) is 1. The molecular weight excluding hydrogens is 128 g/mol. The molecule has 3 heteroatoms. The molecule has 0 radical (unpaired) electrons. The molecule has 0 unspecified atom stereocenters. The van der Waals surface area contributed by atoms with Crippen LogP contribution in [0.4, 0.5) is 0 Å². The summed E-state index contributed by atoms with van der Waals surface area (Å²) < 4.78 is 4.60. The van der Waals surface area contributed by atoms with Crippen molar-refractivity contribution >= 4 is 11.6 Å². The molecule has 0 saturated carbocycles. The number of hydrogen-bond acceptors (Lipinski definition) is 3. The number of rotatable bonds is 4. The number of methoxy groups -OCH3 is 1. The first-order valence-corrected chi connectivity index (χ1v) is 3.02. The number of hydrogen-bond donors (Lipinski definition) is 2. The summed E-state index contributed by atoms with van der Waals surface area (Å²) in [6, 6.07) is 0. The quantitative estimate of drug-likeness (QED) is 0.452. The fourth-order valence-electron chi connectivity index (χ4n) is 0.452. The zero-order chi connectivity index (χ0) is 7.98. The second kappa shape index (κ2) is 4.73. The van der Waals surface area contributed by atoms with Crippen LogP contribution in [0.2, 0.25) is 0 Å². The van der Waals surface area contributed by atoms with Crippen LogP contribution in [0.25, 0.3) is 0 Å². The molecule has 0 saturated heterocycles. The van der Waals surface area contributed by atoms with Gasteiger partial charge in [-0.05, 0) is 12.5 Å². The summed E-state index contributed by atoms with van der Waals surface area (Å²) in [5.74, 6) is 0.214. The molecule has 2 N–H and O–H groups in total. The summed E-state index contributed by atoms with van der Waals surface area (Å²) in [5.41, 5.74) is 0.446. The molecule has 0 fully saturated rings. The molecule has 0 aliphatic heterocycles. The Morgan fingerprint density at radius 1 is 1.50 bits per heavy atom. The van der Waals surface area contributed by atoms with E-state index >= 15 is 0 Å². The lowest BCUT2D eigenvalue weighted by Gasteiger charge is -1.99. The van der Waals surface area contributed by atoms with Gasteiger partial charge >= 0.3 is 0 Å². The van der Waals surface area contributed by atoms with Crippen molar-refractivity contribution in [1.82, 2.24) is 0 Å². The highest BCUT2D eigenvalue weighted by molar-refractivity contribution is 5.93. The van der Waals surface area contributed by atoms with Gasteiger partial charge < -0.3 is 10.1 Å². The van der Waals surface area contributed by atoms with Crippen molar-refractivity contribution in [3.05, 3.63) is 12.7 Å². The molecule has 0 rings (SSSR count). The van der Waals surface area contributed by atoms with E-state index < -0.39 is 0 Å². The molecule has 0 aromatic carbocycles. The predicted molar refractivity (Wildman–Crippen MR) is 41.9 cm³/mol. The van der Waals surface area contributed by atoms with E-state index in [-0.39, 0.29) is 5.90 Å². The summed E-state index contributed by atoms with van der Waals surface area (Å²) in [7, 11) is 1.46. The molecule has 0 atom stereocenters. The van der Waals surface area contributed by atoms with Gasteiger partial charge in [-0.1, -0.05) is 6.58 Å². The fraction of sp³-hybridized carbons (Fsp3) is 0.429. The van der Waals surface area contributed by atoms with E-state index in [2.05, 4.69) is 11.3 Å². The zero-order valence-electron chi connectivity index (χ0n) is 6.11. The van der Waals surface area contributed by atoms with E-state index in [1.807, 2.05) is 0 Å². The third-order valence-electron chi connectivity index (χ3n) is 1.11. The normalized spacial score (nSPS) is 8.50. The summed E-state index contributed by atoms with van der Waals surface area (Å²) in [5, 5.41) is 14.2. The fourth-order valence-corrected chi connectivity index (χ4v) is 0.452. The van der Waals surface area contributed by atoms with Crippen molar-refractivity contribution in [2.24, 2.45) is 0 Å². The largest absolute Gasteiger partial charge is 0.484 e. The molecular formula is C7H12N2O. The molecule has 0 aliphatic rings. The number of nitrogens with one attached hydrogen (secondary N) is 2. The highest BCUT2D eigenvalue weighted by Gasteiger charge is 1.95. The van der Waals surface area contributed by atoms with Gasteiger partial charge in [0.05, 0.1) is 7.11 Å². The molecule has 0 spiro atoms. The van der Waals surface area contributed by atoms with E-state index in [0.29, 0.717) is 18.6 Å². The Bertz CT molecular complexity index is 152. The third kappa shape index (κ3) is 3.83. The van der Waals surface area contributed by atoms with Crippen molar-refractivity contribution in [3.8, 4) is 0 Å². The summed E-state index contributed by atoms with van der Waals surface area (Å²) in [4.78, 5) is 0. The summed E-state index contributed by atoms with van der Waals surface area (Å²) in [6.45, 7) is 3.43. The Morgan fingerprint density at radius 3 is 2.50 bits per heavy atom. The van der Waals surface area contributed by atoms with Crippen LogP contribution in [0.3, 0.4) is 0 Å². The van der Waals surface area contributed by atoms with Crippen molar-refractivity contribution in [2.75, 3.05) is 7.11 Å². The van der Waals surface area contributed by atoms with Gasteiger partial charge in [0, 0.05) is 12.1 Å². The highest BCUT2D eigenvalue weighted by atomic mass is 16.5. The number of allylic oxidation sites excluding steroid dienone is 1. The van der Waals surface area contributed by atoms with Crippen molar-refractivity contribution < 1.29 is 4.74 Å². The van der Waals surface area contributed by atoms with Crippen LogP contribution in [0.5, 0.6) is 0 Å². The van der Waals surface area contributed by atoms with E-state index in [1.54, 1.807) is 0 Å². The Kier molecular flexibility index (Phi) is 4.20. The summed E-state index contributed by atoms with van der Waals surface area (Å²) >= 11 is 0. The lowest BCUT2D eigenvalue weighted by Crippen LogP contribution is -2.01. The van der Waals surface area contributed by atoms with Gasteiger partial charge in [-0.15, -0.1) is 0 Å². The predicted octanol–water partition coefficient (Wildman–Crippen LogP) is 1.60. The van der Waals surface area contributed by atoms with Crippen LogP contribution < -0.4 is 0 Å². The Morgan fingerprint density at radius 2 is 2.10 bits per heavy atom. The molecule has 56 valence electrons. The Hall–Kier alpha value is -1.12. The van der Waals surface area contributed by atoms with Crippen LogP contribution in [0.1, 0.15) is 12.8 Å². The maximum absolute atomic E-state index is 7.14. The van der Waals surface area contributed by atoms with Gasteiger partial charge in [-0.3, -0.25) is 5.41 Å². The van der Waals surface area contributed by atoms with Crippen molar-refractivity contribution in [3.63, 3.8) is 0 Å². The minimum Gasteiger partial charge on any atom is -0.484 e. The molecule has 0 bridgehead atoms. The van der Waals surface area contributed by atoms with Crippen molar-refractivity contribution in [2.45, 2.75) is 12.8 Å². The van der Waals surface area contributed by atoms with Crippen LogP contribution in [-0.4, -0.2) is 18.7 Å². The third-order valence-corrected chi connectivity index (χ3v) is 1.11. The molecule has 0 aliphatic carbocycles.